The fourth-order valence-electron chi connectivity index (χ4n) is 3.09. The molecule has 1 aliphatic carbocycles. The molecule has 5 nitrogen and oxygen atoms in total. The maximum atomic E-state index is 12.8. The molecule has 0 bridgehead atoms. The Morgan fingerprint density at radius 1 is 1.15 bits per heavy atom. The second-order valence-corrected chi connectivity index (χ2v) is 7.19. The number of benzene rings is 1. The summed E-state index contributed by atoms with van der Waals surface area (Å²) >= 11 is 1.58. The van der Waals surface area contributed by atoms with E-state index in [0.29, 0.717) is 18.4 Å². The van der Waals surface area contributed by atoms with Gasteiger partial charge >= 0.3 is 0 Å². The van der Waals surface area contributed by atoms with Gasteiger partial charge in [0.15, 0.2) is 0 Å². The third kappa shape index (κ3) is 3.41. The molecule has 0 atom stereocenters. The van der Waals surface area contributed by atoms with Crippen molar-refractivity contribution in [1.82, 2.24) is 10.4 Å². The number of Topliss-reactive ketones (excluding diaryl/α,β-unsaturated/α-hetero) is 1. The minimum absolute atomic E-state index is 0.179. The first-order chi connectivity index (χ1) is 12.7. The van der Waals surface area contributed by atoms with Crippen molar-refractivity contribution >= 4 is 39.6 Å². The number of para-hydroxylation sites is 1. The van der Waals surface area contributed by atoms with E-state index >= 15 is 0 Å². The Morgan fingerprint density at radius 2 is 2.04 bits per heavy atom. The molecule has 1 N–H and O–H groups in total. The number of ketones is 1. The number of hydrogen-bond acceptors (Lipinski definition) is 5. The highest BCUT2D eigenvalue weighted by Crippen LogP contribution is 2.27. The van der Waals surface area contributed by atoms with E-state index in [0.717, 1.165) is 40.0 Å². The van der Waals surface area contributed by atoms with E-state index in [1.807, 2.05) is 41.8 Å². The molecule has 1 amide bonds. The van der Waals surface area contributed by atoms with E-state index in [2.05, 4.69) is 15.5 Å². The average Bonchev–Trinajstić information content (AvgIpc) is 3.20. The highest BCUT2D eigenvalue weighted by molar-refractivity contribution is 7.13. The van der Waals surface area contributed by atoms with Crippen LogP contribution in [0, 0.1) is 0 Å². The van der Waals surface area contributed by atoms with Crippen molar-refractivity contribution in [3.05, 3.63) is 53.4 Å². The molecule has 3 aromatic rings. The monoisotopic (exact) mass is 363 g/mol. The first kappa shape index (κ1) is 16.6. The van der Waals surface area contributed by atoms with Crippen LogP contribution in [0.25, 0.3) is 21.5 Å². The summed E-state index contributed by atoms with van der Waals surface area (Å²) in [6.07, 6.45) is 2.49. The minimum Gasteiger partial charge on any atom is -0.299 e. The van der Waals surface area contributed by atoms with Crippen molar-refractivity contribution in [2.24, 2.45) is 5.10 Å². The lowest BCUT2D eigenvalue weighted by atomic mass is 9.97. The Kier molecular flexibility index (Phi) is 4.58. The third-order valence-electron chi connectivity index (χ3n) is 4.37. The SMILES string of the molecule is O=C1CCC/C(=N/NC(=O)c2cc(-c3cccs3)nc3ccccc23)C1. The second-order valence-electron chi connectivity index (χ2n) is 6.24. The first-order valence-electron chi connectivity index (χ1n) is 8.52. The van der Waals surface area contributed by atoms with Crippen LogP contribution in [-0.2, 0) is 4.79 Å². The molecule has 1 aromatic carbocycles. The van der Waals surface area contributed by atoms with Crippen LogP contribution in [0.4, 0.5) is 0 Å². The van der Waals surface area contributed by atoms with Gasteiger partial charge in [0, 0.05) is 23.9 Å². The van der Waals surface area contributed by atoms with Crippen LogP contribution < -0.4 is 5.43 Å². The molecule has 2 heterocycles. The van der Waals surface area contributed by atoms with Gasteiger partial charge in [-0.15, -0.1) is 11.3 Å². The molecule has 2 aromatic heterocycles. The molecular formula is C20H17N3O2S. The second kappa shape index (κ2) is 7.17. The molecule has 0 saturated heterocycles. The van der Waals surface area contributed by atoms with Crippen LogP contribution >= 0.6 is 11.3 Å². The smallest absolute Gasteiger partial charge is 0.272 e. The van der Waals surface area contributed by atoms with Gasteiger partial charge in [0.2, 0.25) is 0 Å². The lowest BCUT2D eigenvalue weighted by Gasteiger charge is -2.12. The van der Waals surface area contributed by atoms with E-state index in [-0.39, 0.29) is 11.7 Å². The van der Waals surface area contributed by atoms with Crippen LogP contribution in [-0.4, -0.2) is 22.4 Å². The fraction of sp³-hybridized carbons (Fsp3) is 0.200. The van der Waals surface area contributed by atoms with E-state index in [1.165, 1.54) is 0 Å². The molecule has 26 heavy (non-hydrogen) atoms. The van der Waals surface area contributed by atoms with Crippen molar-refractivity contribution in [3.8, 4) is 10.6 Å². The number of nitrogens with zero attached hydrogens (tertiary/aromatic N) is 2. The summed E-state index contributed by atoms with van der Waals surface area (Å²) in [7, 11) is 0. The molecule has 1 fully saturated rings. The van der Waals surface area contributed by atoms with Crippen LogP contribution in [0.2, 0.25) is 0 Å². The average molecular weight is 363 g/mol. The summed E-state index contributed by atoms with van der Waals surface area (Å²) < 4.78 is 0. The minimum atomic E-state index is -0.285. The van der Waals surface area contributed by atoms with Crippen molar-refractivity contribution in [2.45, 2.75) is 25.7 Å². The third-order valence-corrected chi connectivity index (χ3v) is 5.26. The first-order valence-corrected chi connectivity index (χ1v) is 9.40. The van der Waals surface area contributed by atoms with Gasteiger partial charge in [0.25, 0.3) is 5.91 Å². The summed E-state index contributed by atoms with van der Waals surface area (Å²) in [5.74, 6) is -0.106. The molecule has 0 aliphatic heterocycles. The van der Waals surface area contributed by atoms with Crippen LogP contribution in [0.5, 0.6) is 0 Å². The Hall–Kier alpha value is -2.86. The zero-order valence-corrected chi connectivity index (χ0v) is 14.9. The van der Waals surface area contributed by atoms with Crippen molar-refractivity contribution in [2.75, 3.05) is 0 Å². The number of pyridine rings is 1. The number of hydrogen-bond donors (Lipinski definition) is 1. The maximum Gasteiger partial charge on any atom is 0.272 e. The molecule has 0 unspecified atom stereocenters. The molecule has 1 aliphatic rings. The van der Waals surface area contributed by atoms with Gasteiger partial charge in [0.1, 0.15) is 5.78 Å². The predicted molar refractivity (Wildman–Crippen MR) is 103 cm³/mol. The Balaban J connectivity index is 1.69. The number of thiophene rings is 1. The number of aromatic nitrogens is 1. The number of carbonyl (C=O) groups is 2. The molecule has 0 spiro atoms. The van der Waals surface area contributed by atoms with E-state index in [9.17, 15) is 9.59 Å². The van der Waals surface area contributed by atoms with Gasteiger partial charge in [0.05, 0.1) is 21.7 Å². The van der Waals surface area contributed by atoms with Crippen molar-refractivity contribution < 1.29 is 9.59 Å². The molecule has 0 radical (unpaired) electrons. The van der Waals surface area contributed by atoms with E-state index < -0.39 is 0 Å². The van der Waals surface area contributed by atoms with E-state index in [1.54, 1.807) is 17.4 Å². The van der Waals surface area contributed by atoms with Crippen molar-refractivity contribution in [1.29, 1.82) is 0 Å². The number of rotatable bonds is 3. The summed E-state index contributed by atoms with van der Waals surface area (Å²) in [5.41, 5.74) is 5.44. The van der Waals surface area contributed by atoms with Gasteiger partial charge in [-0.05, 0) is 36.4 Å². The van der Waals surface area contributed by atoms with Gasteiger partial charge in [-0.1, -0.05) is 24.3 Å². The predicted octanol–water partition coefficient (Wildman–Crippen LogP) is 4.19. The highest BCUT2D eigenvalue weighted by Gasteiger charge is 2.17. The Labute approximate surface area is 154 Å². The summed E-state index contributed by atoms with van der Waals surface area (Å²) in [6, 6.07) is 13.3. The number of hydrazone groups is 1. The fourth-order valence-corrected chi connectivity index (χ4v) is 3.78. The number of fused-ring (bicyclic) bond motifs is 1. The summed E-state index contributed by atoms with van der Waals surface area (Å²) in [6.45, 7) is 0. The topological polar surface area (TPSA) is 71.4 Å². The quantitative estimate of drug-likeness (QED) is 0.709. The van der Waals surface area contributed by atoms with Crippen LogP contribution in [0.15, 0.2) is 52.9 Å². The maximum absolute atomic E-state index is 12.8. The normalized spacial score (nSPS) is 16.2. The Morgan fingerprint density at radius 3 is 2.85 bits per heavy atom. The molecule has 1 saturated carbocycles. The summed E-state index contributed by atoms with van der Waals surface area (Å²) in [4.78, 5) is 30.0. The van der Waals surface area contributed by atoms with E-state index in [4.69, 9.17) is 0 Å². The largest absolute Gasteiger partial charge is 0.299 e. The zero-order valence-electron chi connectivity index (χ0n) is 14.1. The van der Waals surface area contributed by atoms with Gasteiger partial charge in [-0.3, -0.25) is 9.59 Å². The van der Waals surface area contributed by atoms with Crippen LogP contribution in [0.3, 0.4) is 0 Å². The van der Waals surface area contributed by atoms with Gasteiger partial charge in [-0.2, -0.15) is 5.10 Å². The standard InChI is InChI=1S/C20H17N3O2S/c24-14-6-3-5-13(11-14)22-23-20(25)16-12-18(19-9-4-10-26-19)21-17-8-2-1-7-15(16)17/h1-2,4,7-10,12H,3,5-6,11H2,(H,23,25)/b22-13-. The molecule has 6 heteroatoms. The molecule has 4 rings (SSSR count). The van der Waals surface area contributed by atoms with Gasteiger partial charge in [-0.25, -0.2) is 10.4 Å². The van der Waals surface area contributed by atoms with Crippen LogP contribution in [0.1, 0.15) is 36.0 Å². The summed E-state index contributed by atoms with van der Waals surface area (Å²) in [5, 5.41) is 6.95. The number of carbonyl (C=O) groups excluding carboxylic acids is 2. The Bertz CT molecular complexity index is 1010. The van der Waals surface area contributed by atoms with Crippen molar-refractivity contribution in [3.63, 3.8) is 0 Å². The number of nitrogens with one attached hydrogen (secondary N) is 1. The lowest BCUT2D eigenvalue weighted by Crippen LogP contribution is -2.23. The zero-order chi connectivity index (χ0) is 17.9. The highest BCUT2D eigenvalue weighted by atomic mass is 32.1. The van der Waals surface area contributed by atoms with Gasteiger partial charge < -0.3 is 0 Å². The molecular weight excluding hydrogens is 346 g/mol. The lowest BCUT2D eigenvalue weighted by molar-refractivity contribution is -0.118. The number of amides is 1. The molecule has 130 valence electrons.